The van der Waals surface area contributed by atoms with Gasteiger partial charge in [0.05, 0.1) is 42.1 Å². The van der Waals surface area contributed by atoms with E-state index in [2.05, 4.69) is 52.5 Å². The number of methoxy groups -OCH3 is 2. The largest absolute Gasteiger partial charge is 0.497 e. The highest BCUT2D eigenvalue weighted by Crippen LogP contribution is 2.36. The Kier molecular flexibility index (Phi) is 13.1. The van der Waals surface area contributed by atoms with Gasteiger partial charge in [-0.25, -0.2) is 0 Å². The highest BCUT2D eigenvalue weighted by molar-refractivity contribution is 14.1. The number of nitriles is 2. The second-order valence-corrected chi connectivity index (χ2v) is 14.7. The molecular weight excluding hydrogens is 827 g/mol. The van der Waals surface area contributed by atoms with Gasteiger partial charge >= 0.3 is 0 Å². The van der Waals surface area contributed by atoms with E-state index in [4.69, 9.17) is 14.7 Å². The van der Waals surface area contributed by atoms with Crippen molar-refractivity contribution in [2.24, 2.45) is 0 Å². The summed E-state index contributed by atoms with van der Waals surface area (Å²) < 4.78 is 15.8. The van der Waals surface area contributed by atoms with Crippen LogP contribution in [-0.2, 0) is 22.7 Å². The summed E-state index contributed by atoms with van der Waals surface area (Å²) >= 11 is 2.26. The molecule has 2 fully saturated rings. The zero-order valence-corrected chi connectivity index (χ0v) is 34.2. The topological polar surface area (TPSA) is 117 Å². The van der Waals surface area contributed by atoms with Gasteiger partial charge in [0.2, 0.25) is 11.8 Å². The Hall–Kier alpha value is -6.31. The highest BCUT2D eigenvalue weighted by atomic mass is 127. The molecule has 0 spiro atoms. The molecule has 6 aromatic rings. The van der Waals surface area contributed by atoms with Gasteiger partial charge in [0, 0.05) is 83.1 Å². The van der Waals surface area contributed by atoms with Crippen molar-refractivity contribution in [3.8, 4) is 34.9 Å². The number of hydrogen-bond acceptors (Lipinski definition) is 6. The van der Waals surface area contributed by atoms with Crippen molar-refractivity contribution in [3.05, 3.63) is 131 Å². The predicted octanol–water partition coefficient (Wildman–Crippen LogP) is 9.63. The number of benzene rings is 4. The zero-order chi connectivity index (χ0) is 40.5. The molecule has 8 rings (SSSR count). The number of nitrogens with zero attached hydrogens (tertiary/aromatic N) is 6. The van der Waals surface area contributed by atoms with Crippen LogP contribution in [0.5, 0.6) is 11.5 Å². The molecule has 0 bridgehead atoms. The summed E-state index contributed by atoms with van der Waals surface area (Å²) in [5, 5.41) is 20.7. The van der Waals surface area contributed by atoms with Crippen molar-refractivity contribution < 1.29 is 19.1 Å². The van der Waals surface area contributed by atoms with Gasteiger partial charge in [-0.15, -0.1) is 13.2 Å². The number of anilines is 2. The van der Waals surface area contributed by atoms with Crippen LogP contribution in [0.15, 0.2) is 116 Å². The molecule has 4 aromatic carbocycles. The Morgan fingerprint density at radius 2 is 1.26 bits per heavy atom. The average Bonchev–Trinajstić information content (AvgIpc) is 4.03. The van der Waals surface area contributed by atoms with E-state index in [1.54, 1.807) is 20.3 Å². The lowest BCUT2D eigenvalue weighted by molar-refractivity contribution is -0.117. The molecule has 2 aliphatic rings. The minimum atomic E-state index is 0.165. The summed E-state index contributed by atoms with van der Waals surface area (Å²) in [4.78, 5) is 27.1. The molecular formula is C46H43IN6O4. The lowest BCUT2D eigenvalue weighted by Crippen LogP contribution is -2.23. The molecule has 57 heavy (non-hydrogen) atoms. The smallest absolute Gasteiger partial charge is 0.227 e. The van der Waals surface area contributed by atoms with Gasteiger partial charge in [-0.2, -0.15) is 10.5 Å². The number of carbonyl (C=O) groups excluding carboxylic acids is 2. The van der Waals surface area contributed by atoms with E-state index in [0.29, 0.717) is 37.1 Å². The second-order valence-electron chi connectivity index (χ2n) is 13.4. The highest BCUT2D eigenvalue weighted by Gasteiger charge is 2.23. The van der Waals surface area contributed by atoms with Crippen LogP contribution in [0.2, 0.25) is 0 Å². The molecule has 11 heteroatoms. The van der Waals surface area contributed by atoms with Crippen LogP contribution in [-0.4, -0.2) is 48.3 Å². The van der Waals surface area contributed by atoms with Gasteiger partial charge < -0.3 is 28.4 Å². The Bertz CT molecular complexity index is 2520. The van der Waals surface area contributed by atoms with Gasteiger partial charge in [0.15, 0.2) is 0 Å². The van der Waals surface area contributed by atoms with Gasteiger partial charge in [-0.3, -0.25) is 9.59 Å². The van der Waals surface area contributed by atoms with Crippen LogP contribution in [0.25, 0.3) is 33.1 Å². The molecule has 0 N–H and O–H groups in total. The number of hydrogen-bond donors (Lipinski definition) is 0. The maximum Gasteiger partial charge on any atom is 0.227 e. The molecule has 2 aromatic heterocycles. The molecule has 0 saturated carbocycles. The third kappa shape index (κ3) is 8.74. The lowest BCUT2D eigenvalue weighted by Gasteiger charge is -2.16. The summed E-state index contributed by atoms with van der Waals surface area (Å²) in [6.07, 6.45) is 8.66. The summed E-state index contributed by atoms with van der Waals surface area (Å²) in [7, 11) is 3.26. The zero-order valence-electron chi connectivity index (χ0n) is 32.1. The van der Waals surface area contributed by atoms with Crippen LogP contribution in [0.4, 0.5) is 11.4 Å². The molecule has 10 nitrogen and oxygen atoms in total. The van der Waals surface area contributed by atoms with Crippen molar-refractivity contribution in [3.63, 3.8) is 0 Å². The van der Waals surface area contributed by atoms with Crippen molar-refractivity contribution in [2.75, 3.05) is 37.1 Å². The average molecular weight is 871 g/mol. The fourth-order valence-corrected chi connectivity index (χ4v) is 7.59. The predicted molar refractivity (Wildman–Crippen MR) is 235 cm³/mol. The Balaban J connectivity index is 0.000000160. The van der Waals surface area contributed by atoms with Crippen LogP contribution in [0.1, 0.15) is 36.8 Å². The molecule has 0 unspecified atom stereocenters. The lowest BCUT2D eigenvalue weighted by atomic mass is 10.1. The molecule has 2 amide bonds. The minimum absolute atomic E-state index is 0.165. The van der Waals surface area contributed by atoms with Crippen LogP contribution in [0.3, 0.4) is 0 Å². The van der Waals surface area contributed by atoms with Crippen molar-refractivity contribution in [1.29, 1.82) is 10.5 Å². The number of fused-ring (bicyclic) bond motifs is 2. The minimum Gasteiger partial charge on any atom is -0.497 e. The van der Waals surface area contributed by atoms with E-state index in [-0.39, 0.29) is 11.8 Å². The number of aromatic nitrogens is 2. The monoisotopic (exact) mass is 870 g/mol. The number of allylic oxidation sites excluding steroid dienone is 2. The van der Waals surface area contributed by atoms with Crippen LogP contribution >= 0.6 is 22.6 Å². The summed E-state index contributed by atoms with van der Waals surface area (Å²) in [6.45, 7) is 10.5. The molecule has 2 aliphatic heterocycles. The number of amides is 2. The molecule has 0 aliphatic carbocycles. The normalized spacial score (nSPS) is 13.4. The van der Waals surface area contributed by atoms with Gasteiger partial charge in [0.1, 0.15) is 23.6 Å². The standard InChI is InChI=1S/C23H21N3O2.C13H12N2O.C10H10INO/c1-3-12-26-21-14-18(28-2)10-11-19(21)20(15-24)23(26)16-6-8-17(9-7-16)25-13-4-5-22(25)27;1-3-6-15-9-10(8-14)12-5-4-11(16-2)7-13(12)15;11-8-3-5-9(6-4-8)12-7-1-2-10(12)13/h3,6-11,14H,1,4-5,12-13H2,2H3;3-5,7,9H,1,6H2,2H3;3-6H,1-2,7H2. The summed E-state index contributed by atoms with van der Waals surface area (Å²) in [6, 6.07) is 31.9. The third-order valence-corrected chi connectivity index (χ3v) is 10.7. The van der Waals surface area contributed by atoms with Crippen LogP contribution < -0.4 is 19.3 Å². The van der Waals surface area contributed by atoms with Gasteiger partial charge in [0.25, 0.3) is 0 Å². The van der Waals surface area contributed by atoms with Crippen molar-refractivity contribution in [1.82, 2.24) is 9.13 Å². The maximum atomic E-state index is 12.0. The summed E-state index contributed by atoms with van der Waals surface area (Å²) in [5.41, 5.74) is 6.96. The Morgan fingerprint density at radius 3 is 1.75 bits per heavy atom. The van der Waals surface area contributed by atoms with Gasteiger partial charge in [-0.05, 0) is 102 Å². The third-order valence-electron chi connectivity index (χ3n) is 9.97. The van der Waals surface area contributed by atoms with Crippen molar-refractivity contribution >= 4 is 67.6 Å². The molecule has 0 atom stereocenters. The molecule has 4 heterocycles. The first-order chi connectivity index (χ1) is 27.7. The van der Waals surface area contributed by atoms with Crippen molar-refractivity contribution in [2.45, 2.75) is 38.8 Å². The van der Waals surface area contributed by atoms with E-state index in [0.717, 1.165) is 81.9 Å². The first kappa shape index (κ1) is 40.4. The SMILES string of the molecule is C=CCn1c(-c2ccc(N3CCCC3=O)cc2)c(C#N)c2ccc(OC)cc21.C=CCn1cc(C#N)c2ccc(OC)cc21.O=C1CCCN1c1ccc(I)cc1. The van der Waals surface area contributed by atoms with Gasteiger partial charge in [-0.1, -0.05) is 24.3 Å². The number of ether oxygens (including phenoxy) is 2. The van der Waals surface area contributed by atoms with E-state index in [1.807, 2.05) is 112 Å². The number of carbonyl (C=O) groups is 2. The number of halogens is 1. The fraction of sp³-hybridized carbons (Fsp3) is 0.217. The second kappa shape index (κ2) is 18.5. The van der Waals surface area contributed by atoms with E-state index < -0.39 is 0 Å². The Labute approximate surface area is 346 Å². The molecule has 288 valence electrons. The maximum absolute atomic E-state index is 12.0. The van der Waals surface area contributed by atoms with E-state index in [1.165, 1.54) is 3.57 Å². The van der Waals surface area contributed by atoms with E-state index >= 15 is 0 Å². The first-order valence-corrected chi connectivity index (χ1v) is 19.7. The summed E-state index contributed by atoms with van der Waals surface area (Å²) in [5.74, 6) is 1.95. The fourth-order valence-electron chi connectivity index (χ4n) is 7.23. The molecule has 2 saturated heterocycles. The van der Waals surface area contributed by atoms with E-state index in [9.17, 15) is 14.9 Å². The van der Waals surface area contributed by atoms with Crippen LogP contribution in [0, 0.1) is 26.2 Å². The number of rotatable bonds is 9. The Morgan fingerprint density at radius 1 is 0.719 bits per heavy atom. The molecule has 0 radical (unpaired) electrons. The first-order valence-electron chi connectivity index (χ1n) is 18.6. The quantitative estimate of drug-likeness (QED) is 0.106.